The third-order valence-electron chi connectivity index (χ3n) is 6.03. The Morgan fingerprint density at radius 1 is 1.12 bits per heavy atom. The van der Waals surface area contributed by atoms with E-state index in [1.807, 2.05) is 32.1 Å². The number of aryl methyl sites for hydroxylation is 1. The normalized spacial score (nSPS) is 21.7. The van der Waals surface area contributed by atoms with Crippen molar-refractivity contribution in [1.29, 1.82) is 0 Å². The molecule has 0 unspecified atom stereocenters. The molecule has 1 aliphatic carbocycles. The summed E-state index contributed by atoms with van der Waals surface area (Å²) in [7, 11) is 0. The molecule has 2 aromatic carbocycles. The van der Waals surface area contributed by atoms with Gasteiger partial charge in [-0.2, -0.15) is 0 Å². The van der Waals surface area contributed by atoms with Crippen molar-refractivity contribution in [2.75, 3.05) is 16.8 Å². The van der Waals surface area contributed by atoms with Gasteiger partial charge in [0.05, 0.1) is 23.1 Å². The summed E-state index contributed by atoms with van der Waals surface area (Å²) in [5, 5.41) is 2.70. The van der Waals surface area contributed by atoms with Crippen molar-refractivity contribution in [3.63, 3.8) is 0 Å². The maximum Gasteiger partial charge on any atom is 0.338 e. The molecule has 7 nitrogen and oxygen atoms in total. The van der Waals surface area contributed by atoms with Crippen molar-refractivity contribution >= 4 is 51.0 Å². The van der Waals surface area contributed by atoms with E-state index in [1.165, 1.54) is 17.0 Å². The summed E-state index contributed by atoms with van der Waals surface area (Å²) in [6.45, 7) is 3.36. The number of nitrogens with zero attached hydrogens (tertiary/aromatic N) is 1. The smallest absolute Gasteiger partial charge is 0.338 e. The van der Waals surface area contributed by atoms with Gasteiger partial charge in [0, 0.05) is 10.2 Å². The first kappa shape index (κ1) is 22.9. The van der Waals surface area contributed by atoms with E-state index in [0.717, 1.165) is 10.0 Å². The largest absolute Gasteiger partial charge is 0.452 e. The standard InChI is InChI=1S/C25H23BrN2O5/c1-14-4-3-5-19-22(14)24(31)28(23(19)30)18-9-6-16(7-10-18)25(32)33-13-21(29)27-20-11-8-17(26)12-15(20)2/h3-4,6-12,14,19,22H,5,13H2,1-2H3,(H,27,29)/t14-,19+,22+/m0/s1. The van der Waals surface area contributed by atoms with E-state index in [0.29, 0.717) is 17.8 Å². The molecule has 1 fully saturated rings. The lowest BCUT2D eigenvalue weighted by atomic mass is 9.78. The molecule has 1 saturated heterocycles. The van der Waals surface area contributed by atoms with E-state index in [1.54, 1.807) is 24.3 Å². The number of hydrogen-bond acceptors (Lipinski definition) is 5. The van der Waals surface area contributed by atoms with E-state index in [-0.39, 0.29) is 35.1 Å². The summed E-state index contributed by atoms with van der Waals surface area (Å²) >= 11 is 3.36. The molecule has 4 rings (SSSR count). The van der Waals surface area contributed by atoms with Crippen molar-refractivity contribution in [1.82, 2.24) is 0 Å². The van der Waals surface area contributed by atoms with Crippen molar-refractivity contribution in [3.8, 4) is 0 Å². The molecule has 170 valence electrons. The third-order valence-corrected chi connectivity index (χ3v) is 6.52. The summed E-state index contributed by atoms with van der Waals surface area (Å²) < 4.78 is 6.01. The topological polar surface area (TPSA) is 92.8 Å². The molecule has 0 aromatic heterocycles. The number of amides is 3. The number of anilines is 2. The monoisotopic (exact) mass is 510 g/mol. The van der Waals surface area contributed by atoms with Crippen LogP contribution in [0.5, 0.6) is 0 Å². The highest BCUT2D eigenvalue weighted by atomic mass is 79.9. The second-order valence-electron chi connectivity index (χ2n) is 8.30. The van der Waals surface area contributed by atoms with Gasteiger partial charge in [-0.15, -0.1) is 0 Å². The SMILES string of the molecule is Cc1cc(Br)ccc1NC(=O)COC(=O)c1ccc(N2C(=O)[C@@H]3[C@@H](C)C=CC[C@H]3C2=O)cc1. The Morgan fingerprint density at radius 2 is 1.85 bits per heavy atom. The highest BCUT2D eigenvalue weighted by Crippen LogP contribution is 2.40. The number of hydrogen-bond donors (Lipinski definition) is 1. The fourth-order valence-corrected chi connectivity index (χ4v) is 4.79. The molecule has 0 saturated carbocycles. The van der Waals surface area contributed by atoms with E-state index < -0.39 is 18.5 Å². The zero-order valence-corrected chi connectivity index (χ0v) is 19.8. The van der Waals surface area contributed by atoms with Gasteiger partial charge in [-0.25, -0.2) is 4.79 Å². The number of fused-ring (bicyclic) bond motifs is 1. The molecule has 0 radical (unpaired) electrons. The number of esters is 1. The third kappa shape index (κ3) is 4.61. The lowest BCUT2D eigenvalue weighted by molar-refractivity contribution is -0.123. The highest BCUT2D eigenvalue weighted by Gasteiger charge is 2.50. The Bertz CT molecular complexity index is 1160. The first-order chi connectivity index (χ1) is 15.8. The molecule has 1 N–H and O–H groups in total. The van der Waals surface area contributed by atoms with Crippen molar-refractivity contribution in [2.24, 2.45) is 17.8 Å². The van der Waals surface area contributed by atoms with E-state index in [4.69, 9.17) is 4.74 Å². The van der Waals surface area contributed by atoms with Gasteiger partial charge in [0.1, 0.15) is 0 Å². The summed E-state index contributed by atoms with van der Waals surface area (Å²) in [5.41, 5.74) is 2.15. The number of ether oxygens (including phenoxy) is 1. The summed E-state index contributed by atoms with van der Waals surface area (Å²) in [6.07, 6.45) is 4.49. The number of rotatable bonds is 5. The summed E-state index contributed by atoms with van der Waals surface area (Å²) in [4.78, 5) is 51.4. The van der Waals surface area contributed by atoms with Crippen LogP contribution in [0.4, 0.5) is 11.4 Å². The molecule has 3 amide bonds. The van der Waals surface area contributed by atoms with Crippen LogP contribution in [0.1, 0.15) is 29.3 Å². The lowest BCUT2D eigenvalue weighted by Gasteiger charge is -2.22. The van der Waals surface area contributed by atoms with Crippen LogP contribution in [0, 0.1) is 24.7 Å². The number of carbonyl (C=O) groups excluding carboxylic acids is 4. The second kappa shape index (κ2) is 9.31. The van der Waals surface area contributed by atoms with Crippen molar-refractivity contribution < 1.29 is 23.9 Å². The number of allylic oxidation sites excluding steroid dienone is 2. The first-order valence-corrected chi connectivity index (χ1v) is 11.4. The Balaban J connectivity index is 1.37. The minimum absolute atomic E-state index is 0.00629. The van der Waals surface area contributed by atoms with Gasteiger partial charge >= 0.3 is 5.97 Å². The van der Waals surface area contributed by atoms with Crippen molar-refractivity contribution in [3.05, 3.63) is 70.2 Å². The van der Waals surface area contributed by atoms with Gasteiger partial charge < -0.3 is 10.1 Å². The minimum Gasteiger partial charge on any atom is -0.452 e. The van der Waals surface area contributed by atoms with Crippen LogP contribution in [-0.4, -0.2) is 30.3 Å². The summed E-state index contributed by atoms with van der Waals surface area (Å²) in [5.74, 6) is -2.23. The predicted octanol–water partition coefficient (Wildman–Crippen LogP) is 4.25. The van der Waals surface area contributed by atoms with Gasteiger partial charge in [-0.1, -0.05) is 35.0 Å². The number of carbonyl (C=O) groups is 4. The van der Waals surface area contributed by atoms with Crippen LogP contribution < -0.4 is 10.2 Å². The molecular formula is C25H23BrN2O5. The summed E-state index contributed by atoms with van der Waals surface area (Å²) in [6, 6.07) is 11.5. The molecule has 1 aliphatic heterocycles. The molecule has 2 aromatic rings. The highest BCUT2D eigenvalue weighted by molar-refractivity contribution is 9.10. The molecular weight excluding hydrogens is 488 g/mol. The molecule has 8 heteroatoms. The number of halogens is 1. The molecule has 0 spiro atoms. The van der Waals surface area contributed by atoms with Crippen LogP contribution in [0.25, 0.3) is 0 Å². The van der Waals surface area contributed by atoms with E-state index in [2.05, 4.69) is 21.2 Å². The van der Waals surface area contributed by atoms with Crippen LogP contribution in [-0.2, 0) is 19.1 Å². The maximum absolute atomic E-state index is 12.9. The zero-order valence-electron chi connectivity index (χ0n) is 18.2. The zero-order chi connectivity index (χ0) is 23.7. The molecule has 33 heavy (non-hydrogen) atoms. The fourth-order valence-electron chi connectivity index (χ4n) is 4.32. The quantitative estimate of drug-likeness (QED) is 0.368. The van der Waals surface area contributed by atoms with Crippen LogP contribution in [0.2, 0.25) is 0 Å². The molecule has 3 atom stereocenters. The van der Waals surface area contributed by atoms with Crippen LogP contribution in [0.3, 0.4) is 0 Å². The Hall–Kier alpha value is -3.26. The van der Waals surface area contributed by atoms with Gasteiger partial charge in [0.2, 0.25) is 11.8 Å². The van der Waals surface area contributed by atoms with Crippen LogP contribution in [0.15, 0.2) is 59.1 Å². The molecule has 1 heterocycles. The van der Waals surface area contributed by atoms with Gasteiger partial charge in [0.25, 0.3) is 5.91 Å². The Kier molecular flexibility index (Phi) is 6.47. The van der Waals surface area contributed by atoms with E-state index in [9.17, 15) is 19.2 Å². The predicted molar refractivity (Wildman–Crippen MR) is 127 cm³/mol. The molecule has 0 bridgehead atoms. The van der Waals surface area contributed by atoms with Crippen LogP contribution >= 0.6 is 15.9 Å². The van der Waals surface area contributed by atoms with Crippen molar-refractivity contribution in [2.45, 2.75) is 20.3 Å². The van der Waals surface area contributed by atoms with Gasteiger partial charge in [0.15, 0.2) is 6.61 Å². The first-order valence-electron chi connectivity index (χ1n) is 10.6. The lowest BCUT2D eigenvalue weighted by Crippen LogP contribution is -2.31. The number of benzene rings is 2. The van der Waals surface area contributed by atoms with Gasteiger partial charge in [-0.05, 0) is 67.3 Å². The number of nitrogens with one attached hydrogen (secondary N) is 1. The average Bonchev–Trinajstić information content (AvgIpc) is 3.05. The van der Waals surface area contributed by atoms with E-state index >= 15 is 0 Å². The minimum atomic E-state index is -0.671. The maximum atomic E-state index is 12.9. The fraction of sp³-hybridized carbons (Fsp3) is 0.280. The number of imide groups is 1. The second-order valence-corrected chi connectivity index (χ2v) is 9.21. The van der Waals surface area contributed by atoms with Gasteiger partial charge in [-0.3, -0.25) is 19.3 Å². The Morgan fingerprint density at radius 3 is 2.52 bits per heavy atom. The molecule has 2 aliphatic rings. The Labute approximate surface area is 199 Å². The average molecular weight is 511 g/mol.